The molecular weight excluding hydrogens is 445 g/mol. The lowest BCUT2D eigenvalue weighted by molar-refractivity contribution is 0.102. The van der Waals surface area contributed by atoms with E-state index < -0.39 is 15.9 Å². The highest BCUT2D eigenvalue weighted by atomic mass is 35.5. The van der Waals surface area contributed by atoms with Crippen LogP contribution in [0.3, 0.4) is 0 Å². The molecule has 1 aliphatic heterocycles. The van der Waals surface area contributed by atoms with E-state index >= 15 is 0 Å². The van der Waals surface area contributed by atoms with E-state index in [4.69, 9.17) is 23.2 Å². The summed E-state index contributed by atoms with van der Waals surface area (Å²) in [6.45, 7) is 2.18. The van der Waals surface area contributed by atoms with Crippen LogP contribution in [0.15, 0.2) is 65.6 Å². The number of nitrogens with zero attached hydrogens (tertiary/aromatic N) is 1. The molecule has 0 unspecified atom stereocenters. The molecule has 6 nitrogen and oxygen atoms in total. The minimum Gasteiger partial charge on any atom is -0.322 e. The number of amides is 1. The van der Waals surface area contributed by atoms with Crippen LogP contribution >= 0.6 is 23.2 Å². The highest BCUT2D eigenvalue weighted by molar-refractivity contribution is 7.92. The zero-order valence-electron chi connectivity index (χ0n) is 15.8. The molecule has 1 amide bonds. The van der Waals surface area contributed by atoms with Crippen molar-refractivity contribution in [3.63, 3.8) is 0 Å². The molecule has 0 spiro atoms. The van der Waals surface area contributed by atoms with Crippen LogP contribution in [-0.2, 0) is 16.6 Å². The molecule has 3 aromatic carbocycles. The van der Waals surface area contributed by atoms with Crippen LogP contribution in [0.1, 0.15) is 21.5 Å². The van der Waals surface area contributed by atoms with Gasteiger partial charge in [-0.1, -0.05) is 47.5 Å². The first-order valence-corrected chi connectivity index (χ1v) is 11.2. The Balaban J connectivity index is 1.66. The highest BCUT2D eigenvalue weighted by Crippen LogP contribution is 2.33. The Hall–Kier alpha value is -2.58. The van der Waals surface area contributed by atoms with Crippen molar-refractivity contribution in [3.8, 4) is 0 Å². The lowest BCUT2D eigenvalue weighted by Crippen LogP contribution is -2.38. The predicted octanol–water partition coefficient (Wildman–Crippen LogP) is 4.77. The maximum absolute atomic E-state index is 13.1. The summed E-state index contributed by atoms with van der Waals surface area (Å²) in [6, 6.07) is 16.6. The van der Waals surface area contributed by atoms with E-state index in [0.717, 1.165) is 15.5 Å². The van der Waals surface area contributed by atoms with Crippen LogP contribution in [0.25, 0.3) is 0 Å². The van der Waals surface area contributed by atoms with Gasteiger partial charge < -0.3 is 5.32 Å². The van der Waals surface area contributed by atoms with E-state index in [1.165, 1.54) is 0 Å². The first kappa shape index (κ1) is 20.7. The van der Waals surface area contributed by atoms with Gasteiger partial charge in [-0.05, 0) is 54.4 Å². The summed E-state index contributed by atoms with van der Waals surface area (Å²) in [7, 11) is -3.82. The van der Waals surface area contributed by atoms with Gasteiger partial charge in [0.05, 0.1) is 26.2 Å². The van der Waals surface area contributed by atoms with Gasteiger partial charge >= 0.3 is 0 Å². The molecule has 4 rings (SSSR count). The molecule has 0 fully saturated rings. The van der Waals surface area contributed by atoms with Crippen LogP contribution in [0, 0.1) is 6.92 Å². The molecule has 0 saturated carbocycles. The number of hydrogen-bond donors (Lipinski definition) is 2. The average molecular weight is 462 g/mol. The Bertz CT molecular complexity index is 1240. The lowest BCUT2D eigenvalue weighted by atomic mass is 10.1. The molecule has 0 radical (unpaired) electrons. The van der Waals surface area contributed by atoms with Crippen LogP contribution in [0.4, 0.5) is 11.4 Å². The first-order valence-electron chi connectivity index (χ1n) is 9.01. The van der Waals surface area contributed by atoms with Crippen molar-refractivity contribution in [1.82, 2.24) is 5.43 Å². The lowest BCUT2D eigenvalue weighted by Gasteiger charge is -2.20. The fourth-order valence-electron chi connectivity index (χ4n) is 3.23. The minimum atomic E-state index is -3.82. The van der Waals surface area contributed by atoms with Crippen molar-refractivity contribution in [2.45, 2.75) is 18.4 Å². The van der Waals surface area contributed by atoms with Gasteiger partial charge in [-0.25, -0.2) is 5.43 Å². The Morgan fingerprint density at radius 1 is 1.03 bits per heavy atom. The Morgan fingerprint density at radius 3 is 2.43 bits per heavy atom. The zero-order valence-corrected chi connectivity index (χ0v) is 18.1. The molecule has 30 heavy (non-hydrogen) atoms. The summed E-state index contributed by atoms with van der Waals surface area (Å²) in [6.07, 6.45) is 0. The number of hydrogen-bond acceptors (Lipinski definition) is 4. The molecule has 154 valence electrons. The van der Waals surface area contributed by atoms with E-state index in [1.807, 2.05) is 13.0 Å². The van der Waals surface area contributed by atoms with Crippen LogP contribution in [0.2, 0.25) is 10.0 Å². The smallest absolute Gasteiger partial charge is 0.277 e. The van der Waals surface area contributed by atoms with E-state index in [1.54, 1.807) is 54.6 Å². The summed E-state index contributed by atoms with van der Waals surface area (Å²) in [5, 5.41) is 3.19. The molecule has 0 saturated heterocycles. The van der Waals surface area contributed by atoms with Crippen LogP contribution in [0.5, 0.6) is 0 Å². The zero-order chi connectivity index (χ0) is 21.5. The standard InChI is InChI=1S/C21H17Cl2N3O3S/c1-13-4-2-5-16(10-13)30(28,29)26-19-11-15(9-8-14(19)12-24-26)25-21(27)20-17(22)6-3-7-18(20)23/h2-11,24H,12H2,1H3,(H,25,27). The molecule has 0 aliphatic carbocycles. The first-order chi connectivity index (χ1) is 14.3. The van der Waals surface area contributed by atoms with Crippen molar-refractivity contribution in [2.75, 3.05) is 9.73 Å². The van der Waals surface area contributed by atoms with Crippen LogP contribution in [-0.4, -0.2) is 14.3 Å². The predicted molar refractivity (Wildman–Crippen MR) is 119 cm³/mol. The number of hydrazine groups is 1. The summed E-state index contributed by atoms with van der Waals surface area (Å²) in [4.78, 5) is 12.8. The number of carbonyl (C=O) groups is 1. The molecule has 1 heterocycles. The summed E-state index contributed by atoms with van der Waals surface area (Å²) in [5.41, 5.74) is 5.55. The number of anilines is 2. The minimum absolute atomic E-state index is 0.156. The maximum atomic E-state index is 13.1. The van der Waals surface area contributed by atoms with Crippen molar-refractivity contribution < 1.29 is 13.2 Å². The molecule has 1 aliphatic rings. The number of carbonyl (C=O) groups excluding carboxylic acids is 1. The van der Waals surface area contributed by atoms with Crippen LogP contribution < -0.4 is 15.2 Å². The van der Waals surface area contributed by atoms with E-state index in [9.17, 15) is 13.2 Å². The average Bonchev–Trinajstić information content (AvgIpc) is 3.12. The second-order valence-corrected chi connectivity index (χ2v) is 9.42. The van der Waals surface area contributed by atoms with E-state index in [2.05, 4.69) is 10.7 Å². The quantitative estimate of drug-likeness (QED) is 0.586. The molecule has 0 atom stereocenters. The summed E-state index contributed by atoms with van der Waals surface area (Å²) < 4.78 is 27.4. The summed E-state index contributed by atoms with van der Waals surface area (Å²) >= 11 is 12.2. The largest absolute Gasteiger partial charge is 0.322 e. The summed E-state index contributed by atoms with van der Waals surface area (Å²) in [5.74, 6) is -0.482. The monoisotopic (exact) mass is 461 g/mol. The number of rotatable bonds is 4. The van der Waals surface area contributed by atoms with E-state index in [0.29, 0.717) is 17.9 Å². The molecule has 9 heteroatoms. The SMILES string of the molecule is Cc1cccc(S(=O)(=O)N2NCc3ccc(NC(=O)c4c(Cl)cccc4Cl)cc32)c1. The normalized spacial score (nSPS) is 13.2. The van der Waals surface area contributed by atoms with Crippen molar-refractivity contribution in [3.05, 3.63) is 87.4 Å². The van der Waals surface area contributed by atoms with Gasteiger partial charge in [0.15, 0.2) is 0 Å². The Kier molecular flexibility index (Phi) is 5.46. The number of halogens is 2. The molecule has 3 aromatic rings. The van der Waals surface area contributed by atoms with Gasteiger partial charge in [0.2, 0.25) is 0 Å². The van der Waals surface area contributed by atoms with Gasteiger partial charge in [0, 0.05) is 12.2 Å². The third-order valence-electron chi connectivity index (χ3n) is 4.69. The Morgan fingerprint density at radius 2 is 1.73 bits per heavy atom. The maximum Gasteiger partial charge on any atom is 0.277 e. The number of aryl methyl sites for hydroxylation is 1. The topological polar surface area (TPSA) is 78.5 Å². The van der Waals surface area contributed by atoms with Crippen molar-refractivity contribution in [2.24, 2.45) is 0 Å². The number of benzene rings is 3. The molecule has 2 N–H and O–H groups in total. The molecule has 0 bridgehead atoms. The molecular formula is C21H17Cl2N3O3S. The van der Waals surface area contributed by atoms with Gasteiger partial charge in [-0.15, -0.1) is 0 Å². The van der Waals surface area contributed by atoms with Crippen molar-refractivity contribution in [1.29, 1.82) is 0 Å². The van der Waals surface area contributed by atoms with E-state index in [-0.39, 0.29) is 20.5 Å². The third kappa shape index (κ3) is 3.77. The third-order valence-corrected chi connectivity index (χ3v) is 6.98. The van der Waals surface area contributed by atoms with Gasteiger partial charge in [-0.2, -0.15) is 12.8 Å². The number of sulfonamides is 1. The van der Waals surface area contributed by atoms with Gasteiger partial charge in [0.25, 0.3) is 15.9 Å². The fraction of sp³-hybridized carbons (Fsp3) is 0.0952. The second kappa shape index (κ2) is 7.92. The van der Waals surface area contributed by atoms with Crippen molar-refractivity contribution >= 4 is 50.5 Å². The number of nitrogens with one attached hydrogen (secondary N) is 2. The Labute approximate surface area is 184 Å². The molecule has 0 aromatic heterocycles. The fourth-order valence-corrected chi connectivity index (χ4v) is 5.25. The second-order valence-electron chi connectivity index (χ2n) is 6.82. The highest BCUT2D eigenvalue weighted by Gasteiger charge is 2.31. The number of fused-ring (bicyclic) bond motifs is 1. The van der Waals surface area contributed by atoms with Gasteiger partial charge in [0.1, 0.15) is 0 Å². The van der Waals surface area contributed by atoms with Gasteiger partial charge in [-0.3, -0.25) is 4.79 Å².